The van der Waals surface area contributed by atoms with E-state index in [1.54, 1.807) is 24.4 Å². The molecule has 0 fully saturated rings. The molecule has 0 saturated heterocycles. The lowest BCUT2D eigenvalue weighted by molar-refractivity contribution is -0.402. The second-order valence-electron chi connectivity index (χ2n) is 5.25. The number of para-hydroxylation sites is 1. The first-order chi connectivity index (χ1) is 12.2. The summed E-state index contributed by atoms with van der Waals surface area (Å²) in [6.45, 7) is 2.02. The molecule has 0 saturated carbocycles. The predicted octanol–water partition coefficient (Wildman–Crippen LogP) is 4.54. The Morgan fingerprint density at radius 3 is 2.76 bits per heavy atom. The third-order valence-corrected chi connectivity index (χ3v) is 3.56. The van der Waals surface area contributed by atoms with E-state index in [0.717, 1.165) is 12.2 Å². The van der Waals surface area contributed by atoms with Gasteiger partial charge in [-0.25, -0.2) is 4.98 Å². The van der Waals surface area contributed by atoms with Gasteiger partial charge in [-0.2, -0.15) is 0 Å². The summed E-state index contributed by atoms with van der Waals surface area (Å²) in [5.74, 6) is 1.54. The first-order valence-corrected chi connectivity index (χ1v) is 7.84. The molecule has 3 aromatic rings. The fraction of sp³-hybridized carbons (Fsp3) is 0.167. The summed E-state index contributed by atoms with van der Waals surface area (Å²) < 4.78 is 13.0. The Balaban J connectivity index is 1.78. The highest BCUT2D eigenvalue weighted by Gasteiger charge is 2.14. The Bertz CT molecular complexity index is 867. The molecule has 1 unspecified atom stereocenters. The summed E-state index contributed by atoms with van der Waals surface area (Å²) in [6.07, 6.45) is 7.43. The van der Waals surface area contributed by atoms with Gasteiger partial charge < -0.3 is 9.15 Å². The second-order valence-corrected chi connectivity index (χ2v) is 5.25. The first-order valence-electron chi connectivity index (χ1n) is 7.84. The zero-order valence-electron chi connectivity index (χ0n) is 13.6. The Morgan fingerprint density at radius 2 is 2.08 bits per heavy atom. The topological polar surface area (TPSA) is 83.3 Å². The van der Waals surface area contributed by atoms with Crippen molar-refractivity contribution < 1.29 is 14.1 Å². The van der Waals surface area contributed by atoms with Gasteiger partial charge in [-0.1, -0.05) is 25.1 Å². The molecule has 0 bridgehead atoms. The van der Waals surface area contributed by atoms with E-state index in [1.807, 2.05) is 48.0 Å². The number of nitrogens with zero attached hydrogens (tertiary/aromatic N) is 3. The van der Waals surface area contributed by atoms with Gasteiger partial charge in [0.1, 0.15) is 22.3 Å². The summed E-state index contributed by atoms with van der Waals surface area (Å²) in [5.41, 5.74) is 0. The van der Waals surface area contributed by atoms with Crippen LogP contribution in [0.5, 0.6) is 5.75 Å². The number of ether oxygens (including phenoxy) is 1. The Labute approximate surface area is 144 Å². The highest BCUT2D eigenvalue weighted by molar-refractivity contribution is 5.64. The number of furan rings is 1. The molecule has 128 valence electrons. The van der Waals surface area contributed by atoms with Crippen LogP contribution < -0.4 is 4.74 Å². The Hall–Kier alpha value is -3.35. The van der Waals surface area contributed by atoms with Crippen molar-refractivity contribution in [1.29, 1.82) is 0 Å². The van der Waals surface area contributed by atoms with Gasteiger partial charge in [-0.05, 0) is 30.4 Å². The summed E-state index contributed by atoms with van der Waals surface area (Å²) in [4.78, 5) is 14.4. The summed E-state index contributed by atoms with van der Waals surface area (Å²) in [5, 5.41) is 10.7. The van der Waals surface area contributed by atoms with E-state index in [0.29, 0.717) is 11.6 Å². The van der Waals surface area contributed by atoms with Crippen molar-refractivity contribution >= 4 is 18.0 Å². The van der Waals surface area contributed by atoms with Gasteiger partial charge in [-0.3, -0.25) is 14.7 Å². The number of nitro groups is 1. The van der Waals surface area contributed by atoms with Crippen LogP contribution in [0.4, 0.5) is 5.88 Å². The number of hydrogen-bond acceptors (Lipinski definition) is 5. The lowest BCUT2D eigenvalue weighted by atomic mass is 10.3. The molecule has 0 aliphatic carbocycles. The zero-order valence-corrected chi connectivity index (χ0v) is 13.6. The molecule has 7 heteroatoms. The van der Waals surface area contributed by atoms with Gasteiger partial charge >= 0.3 is 5.88 Å². The van der Waals surface area contributed by atoms with Crippen molar-refractivity contribution in [1.82, 2.24) is 9.55 Å². The predicted molar refractivity (Wildman–Crippen MR) is 92.9 cm³/mol. The average molecular weight is 339 g/mol. The van der Waals surface area contributed by atoms with E-state index in [9.17, 15) is 10.1 Å². The van der Waals surface area contributed by atoms with Crippen LogP contribution in [-0.4, -0.2) is 14.5 Å². The minimum atomic E-state index is -0.570. The lowest BCUT2D eigenvalue weighted by Crippen LogP contribution is -2.15. The van der Waals surface area contributed by atoms with Crippen molar-refractivity contribution in [3.05, 3.63) is 76.6 Å². The minimum Gasteiger partial charge on any atom is -0.470 e. The summed E-state index contributed by atoms with van der Waals surface area (Å²) in [7, 11) is 0. The number of hydrogen-bond donors (Lipinski definition) is 0. The smallest absolute Gasteiger partial charge is 0.433 e. The maximum Gasteiger partial charge on any atom is 0.433 e. The van der Waals surface area contributed by atoms with Crippen LogP contribution in [0, 0.1) is 10.1 Å². The molecular weight excluding hydrogens is 322 g/mol. The number of aromatic nitrogens is 2. The standard InChI is InChI=1S/C18H17N3O4/c1-2-17(24-14-6-4-3-5-7-14)20-13-12-19-16(20)10-8-15-9-11-18(25-15)21(22)23/h3-13,17H,2H2,1H3/b10-8+. The van der Waals surface area contributed by atoms with E-state index in [4.69, 9.17) is 9.15 Å². The normalized spacial score (nSPS) is 12.4. The van der Waals surface area contributed by atoms with Crippen LogP contribution >= 0.6 is 0 Å². The van der Waals surface area contributed by atoms with Gasteiger partial charge in [0.2, 0.25) is 0 Å². The highest BCUT2D eigenvalue weighted by Crippen LogP contribution is 2.22. The van der Waals surface area contributed by atoms with Crippen molar-refractivity contribution in [2.75, 3.05) is 0 Å². The van der Waals surface area contributed by atoms with E-state index in [-0.39, 0.29) is 12.1 Å². The van der Waals surface area contributed by atoms with Crippen LogP contribution in [0.15, 0.2) is 59.3 Å². The van der Waals surface area contributed by atoms with Crippen LogP contribution in [0.1, 0.15) is 31.2 Å². The van der Waals surface area contributed by atoms with E-state index in [2.05, 4.69) is 4.98 Å². The van der Waals surface area contributed by atoms with E-state index < -0.39 is 4.92 Å². The molecule has 2 aromatic heterocycles. The highest BCUT2D eigenvalue weighted by atomic mass is 16.6. The molecule has 1 aromatic carbocycles. The SMILES string of the molecule is CCC(Oc1ccccc1)n1ccnc1/C=C/c1ccc([N+](=O)[O-])o1. The van der Waals surface area contributed by atoms with E-state index >= 15 is 0 Å². The molecule has 0 radical (unpaired) electrons. The van der Waals surface area contributed by atoms with Crippen molar-refractivity contribution in [3.8, 4) is 5.75 Å². The first kappa shape index (κ1) is 16.5. The molecule has 1 atom stereocenters. The number of rotatable bonds is 7. The third-order valence-electron chi connectivity index (χ3n) is 3.56. The van der Waals surface area contributed by atoms with Crippen LogP contribution in [0.3, 0.4) is 0 Å². The fourth-order valence-corrected chi connectivity index (χ4v) is 2.38. The molecule has 3 rings (SSSR count). The average Bonchev–Trinajstić information content (AvgIpc) is 3.28. The maximum atomic E-state index is 10.7. The molecule has 0 N–H and O–H groups in total. The fourth-order valence-electron chi connectivity index (χ4n) is 2.38. The van der Waals surface area contributed by atoms with Gasteiger partial charge in [0.25, 0.3) is 0 Å². The Morgan fingerprint density at radius 1 is 1.28 bits per heavy atom. The van der Waals surface area contributed by atoms with Gasteiger partial charge in [0.15, 0.2) is 6.23 Å². The summed E-state index contributed by atoms with van der Waals surface area (Å²) >= 11 is 0. The number of imidazole rings is 1. The molecule has 0 aliphatic heterocycles. The molecule has 25 heavy (non-hydrogen) atoms. The van der Waals surface area contributed by atoms with Gasteiger partial charge in [0.05, 0.1) is 6.07 Å². The molecule has 0 spiro atoms. The third kappa shape index (κ3) is 3.95. The molecule has 0 aliphatic rings. The van der Waals surface area contributed by atoms with Crippen molar-refractivity contribution in [3.63, 3.8) is 0 Å². The quantitative estimate of drug-likeness (QED) is 0.466. The largest absolute Gasteiger partial charge is 0.470 e. The molecular formula is C18H17N3O4. The molecule has 7 nitrogen and oxygen atoms in total. The monoisotopic (exact) mass is 339 g/mol. The summed E-state index contributed by atoms with van der Waals surface area (Å²) in [6, 6.07) is 12.4. The van der Waals surface area contributed by atoms with Gasteiger partial charge in [0, 0.05) is 18.8 Å². The Kier molecular flexibility index (Phi) is 4.94. The molecule has 2 heterocycles. The zero-order chi connectivity index (χ0) is 17.6. The lowest BCUT2D eigenvalue weighted by Gasteiger charge is -2.20. The van der Waals surface area contributed by atoms with E-state index in [1.165, 1.54) is 6.07 Å². The number of benzene rings is 1. The van der Waals surface area contributed by atoms with Crippen LogP contribution in [-0.2, 0) is 0 Å². The maximum absolute atomic E-state index is 10.7. The van der Waals surface area contributed by atoms with Crippen LogP contribution in [0.2, 0.25) is 0 Å². The second kappa shape index (κ2) is 7.48. The molecule has 0 amide bonds. The van der Waals surface area contributed by atoms with Crippen molar-refractivity contribution in [2.24, 2.45) is 0 Å². The van der Waals surface area contributed by atoms with Crippen molar-refractivity contribution in [2.45, 2.75) is 19.6 Å². The van der Waals surface area contributed by atoms with Gasteiger partial charge in [-0.15, -0.1) is 0 Å². The minimum absolute atomic E-state index is 0.213. The van der Waals surface area contributed by atoms with Crippen LogP contribution in [0.25, 0.3) is 12.2 Å².